The first-order valence-electron chi connectivity index (χ1n) is 11.6. The van der Waals surface area contributed by atoms with Crippen LogP contribution in [-0.2, 0) is 14.3 Å². The van der Waals surface area contributed by atoms with Gasteiger partial charge in [-0.3, -0.25) is 9.69 Å². The molecule has 34 heavy (non-hydrogen) atoms. The summed E-state index contributed by atoms with van der Waals surface area (Å²) in [4.78, 5) is 27.8. The summed E-state index contributed by atoms with van der Waals surface area (Å²) in [6.07, 6.45) is 0.165. The van der Waals surface area contributed by atoms with Gasteiger partial charge < -0.3 is 14.8 Å². The molecule has 1 saturated heterocycles. The van der Waals surface area contributed by atoms with E-state index in [1.807, 2.05) is 61.7 Å². The molecule has 1 N–H and O–H groups in total. The molecule has 0 spiro atoms. The van der Waals surface area contributed by atoms with Crippen LogP contribution in [-0.4, -0.2) is 55.2 Å². The molecule has 178 valence electrons. The molecule has 1 amide bonds. The van der Waals surface area contributed by atoms with E-state index in [2.05, 4.69) is 22.3 Å². The molecule has 0 bridgehead atoms. The van der Waals surface area contributed by atoms with E-state index in [0.29, 0.717) is 23.7 Å². The van der Waals surface area contributed by atoms with Gasteiger partial charge in [-0.05, 0) is 37.5 Å². The summed E-state index contributed by atoms with van der Waals surface area (Å²) < 4.78 is 11.1. The van der Waals surface area contributed by atoms with E-state index in [1.54, 1.807) is 6.92 Å². The van der Waals surface area contributed by atoms with Gasteiger partial charge in [-0.1, -0.05) is 54.6 Å². The average Bonchev–Trinajstić information content (AvgIpc) is 3.22. The zero-order valence-corrected chi connectivity index (χ0v) is 20.6. The Kier molecular flexibility index (Phi) is 7.77. The Morgan fingerprint density at radius 2 is 1.62 bits per heavy atom. The van der Waals surface area contributed by atoms with Gasteiger partial charge in [-0.25, -0.2) is 4.79 Å². The van der Waals surface area contributed by atoms with Gasteiger partial charge in [0.2, 0.25) is 5.91 Å². The molecular formula is C27H30N2O4S. The van der Waals surface area contributed by atoms with Crippen molar-refractivity contribution in [1.82, 2.24) is 4.90 Å². The summed E-state index contributed by atoms with van der Waals surface area (Å²) in [7, 11) is 0. The van der Waals surface area contributed by atoms with Crippen LogP contribution in [0.15, 0.2) is 60.0 Å². The molecule has 0 unspecified atom stereocenters. The predicted molar refractivity (Wildman–Crippen MR) is 136 cm³/mol. The third-order valence-electron chi connectivity index (χ3n) is 5.69. The monoisotopic (exact) mass is 478 g/mol. The van der Waals surface area contributed by atoms with E-state index in [1.165, 1.54) is 11.3 Å². The normalized spacial score (nSPS) is 18.4. The van der Waals surface area contributed by atoms with Gasteiger partial charge in [0.25, 0.3) is 0 Å². The van der Waals surface area contributed by atoms with Crippen molar-refractivity contribution in [2.45, 2.75) is 33.0 Å². The lowest BCUT2D eigenvalue weighted by Gasteiger charge is -2.34. The SMILES string of the molecule is CCOC(=O)c1c(-c2ccc(-c3ccccc3)cc2)csc1NC(=O)CN1C[C@@H](C)O[C@H](C)C1. The van der Waals surface area contributed by atoms with Gasteiger partial charge in [0.1, 0.15) is 10.6 Å². The molecule has 2 aromatic carbocycles. The zero-order chi connectivity index (χ0) is 24.1. The lowest BCUT2D eigenvalue weighted by atomic mass is 9.99. The third-order valence-corrected chi connectivity index (χ3v) is 6.58. The lowest BCUT2D eigenvalue weighted by Crippen LogP contribution is -2.48. The second-order valence-corrected chi connectivity index (χ2v) is 9.40. The van der Waals surface area contributed by atoms with Crippen molar-refractivity contribution >= 4 is 28.2 Å². The standard InChI is InChI=1S/C27H30N2O4S/c1-4-32-27(31)25-23(22-12-10-21(11-13-22)20-8-6-5-7-9-20)17-34-26(25)28-24(30)16-29-14-18(2)33-19(3)15-29/h5-13,17-19H,4,14-16H2,1-3H3,(H,28,30)/t18-,19-/m1/s1. The number of hydrogen-bond donors (Lipinski definition) is 1. The fourth-order valence-electron chi connectivity index (χ4n) is 4.32. The van der Waals surface area contributed by atoms with Crippen LogP contribution in [0.5, 0.6) is 0 Å². The van der Waals surface area contributed by atoms with Crippen molar-refractivity contribution < 1.29 is 19.1 Å². The van der Waals surface area contributed by atoms with Crippen molar-refractivity contribution in [2.75, 3.05) is 31.6 Å². The summed E-state index contributed by atoms with van der Waals surface area (Å²) in [5.41, 5.74) is 4.28. The van der Waals surface area contributed by atoms with Crippen LogP contribution in [0.1, 0.15) is 31.1 Å². The second-order valence-electron chi connectivity index (χ2n) is 8.52. The average molecular weight is 479 g/mol. The number of thiophene rings is 1. The van der Waals surface area contributed by atoms with Crippen LogP contribution >= 0.6 is 11.3 Å². The highest BCUT2D eigenvalue weighted by atomic mass is 32.1. The number of nitrogens with zero attached hydrogens (tertiary/aromatic N) is 1. The van der Waals surface area contributed by atoms with Gasteiger partial charge in [0.05, 0.1) is 25.4 Å². The maximum absolute atomic E-state index is 12.9. The van der Waals surface area contributed by atoms with Crippen LogP contribution in [0, 0.1) is 0 Å². The molecule has 1 fully saturated rings. The Labute approximate surface area is 204 Å². The Morgan fingerprint density at radius 3 is 2.26 bits per heavy atom. The summed E-state index contributed by atoms with van der Waals surface area (Å²) in [5.74, 6) is -0.588. The van der Waals surface area contributed by atoms with E-state index >= 15 is 0 Å². The number of hydrogen-bond acceptors (Lipinski definition) is 6. The number of rotatable bonds is 7. The Bertz CT molecular complexity index is 1120. The maximum atomic E-state index is 12.9. The Hall–Kier alpha value is -3.00. The molecule has 0 saturated carbocycles. The van der Waals surface area contributed by atoms with Crippen molar-refractivity contribution in [1.29, 1.82) is 0 Å². The molecule has 0 aliphatic carbocycles. The molecule has 1 aromatic heterocycles. The lowest BCUT2D eigenvalue weighted by molar-refractivity contribution is -0.121. The Morgan fingerprint density at radius 1 is 1.00 bits per heavy atom. The summed E-state index contributed by atoms with van der Waals surface area (Å²) in [6, 6.07) is 18.2. The van der Waals surface area contributed by atoms with E-state index in [0.717, 1.165) is 22.3 Å². The first-order chi connectivity index (χ1) is 16.4. The maximum Gasteiger partial charge on any atom is 0.341 e. The quantitative estimate of drug-likeness (QED) is 0.467. The highest BCUT2D eigenvalue weighted by Gasteiger charge is 2.26. The van der Waals surface area contributed by atoms with E-state index in [4.69, 9.17) is 9.47 Å². The molecule has 3 aromatic rings. The molecule has 1 aliphatic rings. The highest BCUT2D eigenvalue weighted by molar-refractivity contribution is 7.15. The van der Waals surface area contributed by atoms with Crippen molar-refractivity contribution in [3.05, 3.63) is 65.5 Å². The largest absolute Gasteiger partial charge is 0.462 e. The molecule has 0 radical (unpaired) electrons. The minimum absolute atomic E-state index is 0.0823. The van der Waals surface area contributed by atoms with Gasteiger partial charge >= 0.3 is 5.97 Å². The number of anilines is 1. The van der Waals surface area contributed by atoms with Crippen LogP contribution in [0.3, 0.4) is 0 Å². The van der Waals surface area contributed by atoms with E-state index in [-0.39, 0.29) is 31.3 Å². The number of nitrogens with one attached hydrogen (secondary N) is 1. The fraction of sp³-hybridized carbons (Fsp3) is 0.333. The summed E-state index contributed by atoms with van der Waals surface area (Å²) in [5, 5.41) is 5.37. The van der Waals surface area contributed by atoms with Crippen LogP contribution in [0.4, 0.5) is 5.00 Å². The minimum atomic E-state index is -0.435. The topological polar surface area (TPSA) is 67.9 Å². The van der Waals surface area contributed by atoms with Gasteiger partial charge in [0, 0.05) is 24.0 Å². The van der Waals surface area contributed by atoms with Gasteiger partial charge in [0.15, 0.2) is 0 Å². The molecule has 4 rings (SSSR count). The number of carbonyl (C=O) groups excluding carboxylic acids is 2. The first-order valence-corrected chi connectivity index (χ1v) is 12.4. The van der Waals surface area contributed by atoms with E-state index < -0.39 is 5.97 Å². The van der Waals surface area contributed by atoms with E-state index in [9.17, 15) is 9.59 Å². The third kappa shape index (κ3) is 5.73. The molecule has 6 nitrogen and oxygen atoms in total. The highest BCUT2D eigenvalue weighted by Crippen LogP contribution is 2.37. The number of ether oxygens (including phenoxy) is 2. The minimum Gasteiger partial charge on any atom is -0.462 e. The number of morpholine rings is 1. The number of benzene rings is 2. The Balaban J connectivity index is 1.55. The molecular weight excluding hydrogens is 448 g/mol. The molecule has 7 heteroatoms. The molecule has 2 heterocycles. The summed E-state index contributed by atoms with van der Waals surface area (Å²) in [6.45, 7) is 7.70. The number of esters is 1. The number of carbonyl (C=O) groups is 2. The second kappa shape index (κ2) is 11.0. The molecule has 1 aliphatic heterocycles. The van der Waals surface area contributed by atoms with Crippen LogP contribution < -0.4 is 5.32 Å². The number of amides is 1. The molecule has 2 atom stereocenters. The van der Waals surface area contributed by atoms with Crippen molar-refractivity contribution in [2.24, 2.45) is 0 Å². The van der Waals surface area contributed by atoms with Crippen molar-refractivity contribution in [3.8, 4) is 22.3 Å². The van der Waals surface area contributed by atoms with Gasteiger partial charge in [-0.15, -0.1) is 11.3 Å². The first kappa shape index (κ1) is 24.1. The smallest absolute Gasteiger partial charge is 0.341 e. The van der Waals surface area contributed by atoms with Crippen LogP contribution in [0.2, 0.25) is 0 Å². The summed E-state index contributed by atoms with van der Waals surface area (Å²) >= 11 is 1.34. The van der Waals surface area contributed by atoms with Crippen LogP contribution in [0.25, 0.3) is 22.3 Å². The van der Waals surface area contributed by atoms with Crippen molar-refractivity contribution in [3.63, 3.8) is 0 Å². The fourth-order valence-corrected chi connectivity index (χ4v) is 5.30. The zero-order valence-electron chi connectivity index (χ0n) is 19.7. The predicted octanol–water partition coefficient (Wildman–Crippen LogP) is 5.31. The van der Waals surface area contributed by atoms with Gasteiger partial charge in [-0.2, -0.15) is 0 Å².